The Morgan fingerprint density at radius 2 is 2.33 bits per heavy atom. The average Bonchev–Trinajstić information content (AvgIpc) is 2.87. The van der Waals surface area contributed by atoms with Crippen molar-refractivity contribution in [3.63, 3.8) is 0 Å². The molecular weight excluding hydrogens is 290 g/mol. The van der Waals surface area contributed by atoms with Crippen molar-refractivity contribution in [1.82, 2.24) is 15.3 Å². The lowest BCUT2D eigenvalue weighted by Gasteiger charge is -2.24. The van der Waals surface area contributed by atoms with Gasteiger partial charge in [-0.3, -0.25) is 4.79 Å². The van der Waals surface area contributed by atoms with Crippen LogP contribution in [0.2, 0.25) is 0 Å². The smallest absolute Gasteiger partial charge is 0.324 e. The minimum absolute atomic E-state index is 0.382. The van der Waals surface area contributed by atoms with Crippen LogP contribution in [-0.4, -0.2) is 46.0 Å². The van der Waals surface area contributed by atoms with Gasteiger partial charge in [0.05, 0.1) is 18.1 Å². The third-order valence-electron chi connectivity index (χ3n) is 3.20. The molecule has 1 unspecified atom stereocenters. The van der Waals surface area contributed by atoms with Crippen molar-refractivity contribution in [3.05, 3.63) is 18.2 Å². The van der Waals surface area contributed by atoms with Crippen LogP contribution in [-0.2, 0) is 4.79 Å². The van der Waals surface area contributed by atoms with Crippen molar-refractivity contribution < 1.29 is 14.6 Å². The fourth-order valence-electron chi connectivity index (χ4n) is 1.95. The Balaban J connectivity index is 2.14. The number of carboxylic acid groups (broad SMARTS) is 1. The highest BCUT2D eigenvalue weighted by molar-refractivity contribution is 7.99. The second-order valence-corrected chi connectivity index (χ2v) is 5.85. The first-order chi connectivity index (χ1) is 9.98. The molecule has 1 aromatic carbocycles. The van der Waals surface area contributed by atoms with E-state index < -0.39 is 11.5 Å². The van der Waals surface area contributed by atoms with E-state index in [0.29, 0.717) is 17.5 Å². The number of methoxy groups -OCH3 is 1. The van der Waals surface area contributed by atoms with Gasteiger partial charge in [0.25, 0.3) is 0 Å². The molecule has 1 heterocycles. The minimum atomic E-state index is -0.976. The molecule has 0 fully saturated rings. The molecule has 6 nitrogen and oxygen atoms in total. The van der Waals surface area contributed by atoms with E-state index in [1.54, 1.807) is 14.0 Å². The third-order valence-corrected chi connectivity index (χ3v) is 4.39. The molecule has 0 saturated heterocycles. The summed E-state index contributed by atoms with van der Waals surface area (Å²) in [5.41, 5.74) is 0.729. The number of aliphatic carboxylic acids is 1. The second-order valence-electron chi connectivity index (χ2n) is 4.88. The molecule has 0 radical (unpaired) electrons. The minimum Gasteiger partial charge on any atom is -0.497 e. The molecule has 0 spiro atoms. The van der Waals surface area contributed by atoms with Crippen molar-refractivity contribution in [1.29, 1.82) is 0 Å². The van der Waals surface area contributed by atoms with E-state index in [4.69, 9.17) is 4.74 Å². The molecule has 21 heavy (non-hydrogen) atoms. The summed E-state index contributed by atoms with van der Waals surface area (Å²) in [5, 5.41) is 13.0. The Labute approximate surface area is 127 Å². The van der Waals surface area contributed by atoms with Gasteiger partial charge in [-0.25, -0.2) is 4.98 Å². The first-order valence-corrected chi connectivity index (χ1v) is 7.62. The van der Waals surface area contributed by atoms with Crippen LogP contribution in [0.25, 0.3) is 11.0 Å². The van der Waals surface area contributed by atoms with Gasteiger partial charge in [-0.05, 0) is 25.6 Å². The fourth-order valence-corrected chi connectivity index (χ4v) is 2.95. The Morgan fingerprint density at radius 3 is 2.95 bits per heavy atom. The Bertz CT molecular complexity index is 643. The summed E-state index contributed by atoms with van der Waals surface area (Å²) in [5.74, 6) is 0.271. The summed E-state index contributed by atoms with van der Waals surface area (Å²) in [6.07, 6.45) is 0. The Kier molecular flexibility index (Phi) is 4.74. The van der Waals surface area contributed by atoms with E-state index in [9.17, 15) is 9.90 Å². The van der Waals surface area contributed by atoms with E-state index in [1.807, 2.05) is 25.1 Å². The number of nitrogens with one attached hydrogen (secondary N) is 2. The van der Waals surface area contributed by atoms with E-state index in [-0.39, 0.29) is 0 Å². The third kappa shape index (κ3) is 3.48. The van der Waals surface area contributed by atoms with Crippen molar-refractivity contribution in [2.24, 2.45) is 0 Å². The van der Waals surface area contributed by atoms with Gasteiger partial charge in [0.15, 0.2) is 5.16 Å². The highest BCUT2D eigenvalue weighted by Crippen LogP contribution is 2.25. The predicted molar refractivity (Wildman–Crippen MR) is 83.1 cm³/mol. The van der Waals surface area contributed by atoms with E-state index in [1.165, 1.54) is 11.8 Å². The molecule has 7 heteroatoms. The summed E-state index contributed by atoms with van der Waals surface area (Å²) in [6.45, 7) is 4.16. The number of aromatic nitrogens is 2. The van der Waals surface area contributed by atoms with Gasteiger partial charge in [0, 0.05) is 11.8 Å². The standard InChI is InChI=1S/C14H19N3O3S/c1-4-15-14(2,12(18)19)8-21-13-16-10-6-5-9(20-3)7-11(10)17-13/h5-7,15H,4,8H2,1-3H3,(H,16,17)(H,18,19). The van der Waals surface area contributed by atoms with Gasteiger partial charge in [0.1, 0.15) is 11.3 Å². The lowest BCUT2D eigenvalue weighted by atomic mass is 10.1. The summed E-state index contributed by atoms with van der Waals surface area (Å²) < 4.78 is 5.17. The molecule has 114 valence electrons. The van der Waals surface area contributed by atoms with Crippen LogP contribution in [0.5, 0.6) is 5.75 Å². The van der Waals surface area contributed by atoms with Crippen LogP contribution in [0.15, 0.2) is 23.4 Å². The van der Waals surface area contributed by atoms with E-state index in [0.717, 1.165) is 16.8 Å². The predicted octanol–water partition coefficient (Wildman–Crippen LogP) is 2.12. The van der Waals surface area contributed by atoms with Crippen LogP contribution in [0.1, 0.15) is 13.8 Å². The molecule has 3 N–H and O–H groups in total. The molecule has 1 aromatic heterocycles. The highest BCUT2D eigenvalue weighted by Gasteiger charge is 2.32. The molecule has 2 rings (SSSR count). The number of nitrogens with zero attached hydrogens (tertiary/aromatic N) is 1. The van der Waals surface area contributed by atoms with Gasteiger partial charge in [-0.2, -0.15) is 0 Å². The van der Waals surface area contributed by atoms with Crippen LogP contribution in [0, 0.1) is 0 Å². The van der Waals surface area contributed by atoms with Crippen LogP contribution < -0.4 is 10.1 Å². The highest BCUT2D eigenvalue weighted by atomic mass is 32.2. The molecule has 0 amide bonds. The molecule has 0 aliphatic heterocycles. The van der Waals surface area contributed by atoms with Crippen molar-refractivity contribution in [2.45, 2.75) is 24.5 Å². The quantitative estimate of drug-likeness (QED) is 0.679. The summed E-state index contributed by atoms with van der Waals surface area (Å²) in [6, 6.07) is 5.58. The average molecular weight is 309 g/mol. The largest absolute Gasteiger partial charge is 0.497 e. The topological polar surface area (TPSA) is 87.2 Å². The summed E-state index contributed by atoms with van der Waals surface area (Å²) in [4.78, 5) is 19.0. The normalized spacial score (nSPS) is 14.0. The first-order valence-electron chi connectivity index (χ1n) is 6.63. The Morgan fingerprint density at radius 1 is 1.57 bits per heavy atom. The molecule has 0 bridgehead atoms. The van der Waals surface area contributed by atoms with Gasteiger partial charge in [-0.1, -0.05) is 18.7 Å². The summed E-state index contributed by atoms with van der Waals surface area (Å²) >= 11 is 1.38. The van der Waals surface area contributed by atoms with E-state index in [2.05, 4.69) is 15.3 Å². The maximum Gasteiger partial charge on any atom is 0.324 e. The number of benzene rings is 1. The van der Waals surface area contributed by atoms with Gasteiger partial charge >= 0.3 is 5.97 Å². The number of rotatable bonds is 7. The van der Waals surface area contributed by atoms with E-state index >= 15 is 0 Å². The van der Waals surface area contributed by atoms with Crippen molar-refractivity contribution >= 4 is 28.8 Å². The lowest BCUT2D eigenvalue weighted by Crippen LogP contribution is -2.51. The number of H-pyrrole nitrogens is 1. The SMILES string of the molecule is CCNC(C)(CSc1nc2ccc(OC)cc2[nH]1)C(=O)O. The van der Waals surface area contributed by atoms with Crippen LogP contribution in [0.4, 0.5) is 0 Å². The number of ether oxygens (including phenoxy) is 1. The van der Waals surface area contributed by atoms with Crippen molar-refractivity contribution in [2.75, 3.05) is 19.4 Å². The number of hydrogen-bond donors (Lipinski definition) is 3. The number of fused-ring (bicyclic) bond motifs is 1. The maximum absolute atomic E-state index is 11.4. The van der Waals surface area contributed by atoms with Crippen LogP contribution in [0.3, 0.4) is 0 Å². The zero-order chi connectivity index (χ0) is 15.5. The van der Waals surface area contributed by atoms with Gasteiger partial charge in [0.2, 0.25) is 0 Å². The van der Waals surface area contributed by atoms with Gasteiger partial charge < -0.3 is 20.1 Å². The second kappa shape index (κ2) is 6.36. The molecule has 0 aliphatic carbocycles. The molecule has 0 aliphatic rings. The zero-order valence-corrected chi connectivity index (χ0v) is 13.1. The molecule has 1 atom stereocenters. The van der Waals surface area contributed by atoms with Gasteiger partial charge in [-0.15, -0.1) is 0 Å². The Hall–Kier alpha value is -1.73. The maximum atomic E-state index is 11.4. The first kappa shape index (κ1) is 15.7. The number of aromatic amines is 1. The fraction of sp³-hybridized carbons (Fsp3) is 0.429. The zero-order valence-electron chi connectivity index (χ0n) is 12.3. The number of hydrogen-bond acceptors (Lipinski definition) is 5. The molecular formula is C14H19N3O3S. The van der Waals surface area contributed by atoms with Crippen molar-refractivity contribution in [3.8, 4) is 5.75 Å². The van der Waals surface area contributed by atoms with Crippen LogP contribution >= 0.6 is 11.8 Å². The lowest BCUT2D eigenvalue weighted by molar-refractivity contribution is -0.143. The number of carbonyl (C=O) groups is 1. The number of thioether (sulfide) groups is 1. The number of likely N-dealkylation sites (N-methyl/N-ethyl adjacent to an activating group) is 1. The summed E-state index contributed by atoms with van der Waals surface area (Å²) in [7, 11) is 1.61. The monoisotopic (exact) mass is 309 g/mol. The molecule has 0 saturated carbocycles. The number of imidazole rings is 1. The molecule has 2 aromatic rings. The number of carboxylic acids is 1.